The highest BCUT2D eigenvalue weighted by atomic mass is 79.9. The molecule has 0 aliphatic carbocycles. The van der Waals surface area contributed by atoms with Crippen LogP contribution in [0.5, 0.6) is 11.5 Å². The average molecular weight is 601 g/mol. The Hall–Kier alpha value is -4.96. The summed E-state index contributed by atoms with van der Waals surface area (Å²) in [4.78, 5) is 37.6. The van der Waals surface area contributed by atoms with E-state index in [-0.39, 0.29) is 11.3 Å². The fourth-order valence-corrected chi connectivity index (χ4v) is 3.80. The molecule has 0 fully saturated rings. The summed E-state index contributed by atoms with van der Waals surface area (Å²) in [6, 6.07) is 28.3. The Morgan fingerprint density at radius 2 is 1.55 bits per heavy atom. The van der Waals surface area contributed by atoms with E-state index in [1.165, 1.54) is 19.4 Å². The molecule has 0 aliphatic heterocycles. The highest BCUT2D eigenvalue weighted by molar-refractivity contribution is 9.10. The first-order valence-corrected chi connectivity index (χ1v) is 12.9. The van der Waals surface area contributed by atoms with Crippen molar-refractivity contribution >= 4 is 51.2 Å². The topological polar surface area (TPSA) is 118 Å². The normalized spacial score (nSPS) is 10.6. The van der Waals surface area contributed by atoms with Crippen molar-refractivity contribution < 1.29 is 23.9 Å². The quantitative estimate of drug-likeness (QED) is 0.135. The molecule has 0 unspecified atom stereocenters. The van der Waals surface area contributed by atoms with Gasteiger partial charge in [0.15, 0.2) is 11.5 Å². The monoisotopic (exact) mass is 600 g/mol. The van der Waals surface area contributed by atoms with Crippen LogP contribution in [0.3, 0.4) is 0 Å². The Kier molecular flexibility index (Phi) is 9.62. The smallest absolute Gasteiger partial charge is 0.329 e. The fourth-order valence-electron chi connectivity index (χ4n) is 3.54. The zero-order chi connectivity index (χ0) is 28.3. The van der Waals surface area contributed by atoms with Crippen molar-refractivity contribution in [3.63, 3.8) is 0 Å². The van der Waals surface area contributed by atoms with E-state index in [2.05, 4.69) is 37.1 Å². The molecular formula is C30H25BrN4O5. The van der Waals surface area contributed by atoms with Crippen LogP contribution in [0.4, 0.5) is 11.4 Å². The van der Waals surface area contributed by atoms with E-state index in [1.54, 1.807) is 60.7 Å². The zero-order valence-corrected chi connectivity index (χ0v) is 23.0. The van der Waals surface area contributed by atoms with Crippen LogP contribution in [0.2, 0.25) is 0 Å². The molecule has 4 rings (SSSR count). The number of hydrogen-bond donors (Lipinski definition) is 3. The molecule has 202 valence electrons. The Bertz CT molecular complexity index is 1530. The summed E-state index contributed by atoms with van der Waals surface area (Å²) >= 11 is 3.34. The lowest BCUT2D eigenvalue weighted by Gasteiger charge is -2.11. The molecular weight excluding hydrogens is 576 g/mol. The third-order valence-electron chi connectivity index (χ3n) is 5.53. The number of benzene rings is 4. The number of hydrazone groups is 1. The second-order valence-corrected chi connectivity index (χ2v) is 9.26. The highest BCUT2D eigenvalue weighted by Crippen LogP contribution is 2.28. The molecule has 3 amide bonds. The van der Waals surface area contributed by atoms with Gasteiger partial charge < -0.3 is 20.1 Å². The number of anilines is 2. The lowest BCUT2D eigenvalue weighted by atomic mass is 10.1. The number of amides is 3. The van der Waals surface area contributed by atoms with Crippen LogP contribution in [0.1, 0.15) is 21.5 Å². The van der Waals surface area contributed by atoms with Gasteiger partial charge >= 0.3 is 11.8 Å². The Labute approximate surface area is 239 Å². The van der Waals surface area contributed by atoms with Gasteiger partial charge in [0.1, 0.15) is 6.61 Å². The zero-order valence-electron chi connectivity index (χ0n) is 21.4. The van der Waals surface area contributed by atoms with Crippen molar-refractivity contribution in [2.45, 2.75) is 6.61 Å². The van der Waals surface area contributed by atoms with Gasteiger partial charge in [0.05, 0.1) is 24.6 Å². The fraction of sp³-hybridized carbons (Fsp3) is 0.0667. The predicted molar refractivity (Wildman–Crippen MR) is 157 cm³/mol. The molecule has 40 heavy (non-hydrogen) atoms. The molecule has 4 aromatic rings. The third-order valence-corrected chi connectivity index (χ3v) is 6.06. The minimum atomic E-state index is -1.01. The van der Waals surface area contributed by atoms with Gasteiger partial charge in [-0.1, -0.05) is 58.4 Å². The molecule has 0 saturated carbocycles. The maximum atomic E-state index is 12.8. The van der Waals surface area contributed by atoms with Crippen molar-refractivity contribution in [2.24, 2.45) is 5.10 Å². The summed E-state index contributed by atoms with van der Waals surface area (Å²) in [6.45, 7) is 0.380. The van der Waals surface area contributed by atoms with Gasteiger partial charge in [-0.25, -0.2) is 5.43 Å². The van der Waals surface area contributed by atoms with Crippen molar-refractivity contribution in [1.82, 2.24) is 5.43 Å². The second kappa shape index (κ2) is 13.7. The van der Waals surface area contributed by atoms with E-state index >= 15 is 0 Å². The number of rotatable bonds is 9. The van der Waals surface area contributed by atoms with Crippen molar-refractivity contribution in [3.8, 4) is 11.5 Å². The van der Waals surface area contributed by atoms with Crippen LogP contribution in [-0.2, 0) is 16.2 Å². The van der Waals surface area contributed by atoms with Gasteiger partial charge in [-0.05, 0) is 65.7 Å². The lowest BCUT2D eigenvalue weighted by Crippen LogP contribution is -2.33. The number of methoxy groups -OCH3 is 1. The SMILES string of the molecule is COc1cc(/C=N/NC(=O)C(=O)Nc2ccccc2C(=O)Nc2ccc(Br)cc2)ccc1OCc1ccccc1. The van der Waals surface area contributed by atoms with E-state index in [1.807, 2.05) is 30.3 Å². The van der Waals surface area contributed by atoms with Crippen LogP contribution >= 0.6 is 15.9 Å². The molecule has 0 aromatic heterocycles. The minimum absolute atomic E-state index is 0.178. The van der Waals surface area contributed by atoms with Crippen molar-refractivity contribution in [1.29, 1.82) is 0 Å². The van der Waals surface area contributed by atoms with E-state index in [9.17, 15) is 14.4 Å². The van der Waals surface area contributed by atoms with Gasteiger partial charge in [0.25, 0.3) is 5.91 Å². The summed E-state index contributed by atoms with van der Waals surface area (Å²) < 4.78 is 12.1. The lowest BCUT2D eigenvalue weighted by molar-refractivity contribution is -0.136. The molecule has 10 heteroatoms. The summed E-state index contributed by atoms with van der Waals surface area (Å²) in [6.07, 6.45) is 1.37. The third kappa shape index (κ3) is 7.78. The molecule has 0 aliphatic rings. The van der Waals surface area contributed by atoms with E-state index in [0.29, 0.717) is 29.4 Å². The van der Waals surface area contributed by atoms with E-state index < -0.39 is 17.7 Å². The average Bonchev–Trinajstić information content (AvgIpc) is 2.98. The Morgan fingerprint density at radius 3 is 2.30 bits per heavy atom. The molecule has 0 radical (unpaired) electrons. The highest BCUT2D eigenvalue weighted by Gasteiger charge is 2.18. The first-order valence-electron chi connectivity index (χ1n) is 12.1. The van der Waals surface area contributed by atoms with Gasteiger partial charge in [0, 0.05) is 10.2 Å². The number of nitrogens with one attached hydrogen (secondary N) is 3. The van der Waals surface area contributed by atoms with Crippen LogP contribution < -0.4 is 25.5 Å². The molecule has 0 heterocycles. The molecule has 0 saturated heterocycles. The summed E-state index contributed by atoms with van der Waals surface area (Å²) in [5, 5.41) is 9.07. The number of halogens is 1. The summed E-state index contributed by atoms with van der Waals surface area (Å²) in [7, 11) is 1.52. The van der Waals surface area contributed by atoms with E-state index in [4.69, 9.17) is 9.47 Å². The van der Waals surface area contributed by atoms with Crippen LogP contribution in [0.25, 0.3) is 0 Å². The number of carbonyl (C=O) groups is 3. The van der Waals surface area contributed by atoms with Gasteiger partial charge in [-0.2, -0.15) is 5.10 Å². The van der Waals surface area contributed by atoms with Crippen molar-refractivity contribution in [3.05, 3.63) is 118 Å². The maximum absolute atomic E-state index is 12.8. The Morgan fingerprint density at radius 1 is 0.825 bits per heavy atom. The van der Waals surface area contributed by atoms with Crippen LogP contribution in [0, 0.1) is 0 Å². The number of ether oxygens (including phenoxy) is 2. The summed E-state index contributed by atoms with van der Waals surface area (Å²) in [5.74, 6) is -1.39. The molecule has 0 spiro atoms. The maximum Gasteiger partial charge on any atom is 0.329 e. The first-order chi connectivity index (χ1) is 19.4. The number of para-hydroxylation sites is 1. The minimum Gasteiger partial charge on any atom is -0.493 e. The second-order valence-electron chi connectivity index (χ2n) is 8.34. The number of carbonyl (C=O) groups excluding carboxylic acids is 3. The molecule has 0 bridgehead atoms. The van der Waals surface area contributed by atoms with Crippen molar-refractivity contribution in [2.75, 3.05) is 17.7 Å². The van der Waals surface area contributed by atoms with Gasteiger partial charge in [-0.3, -0.25) is 14.4 Å². The molecule has 3 N–H and O–H groups in total. The Balaban J connectivity index is 1.34. The molecule has 0 atom stereocenters. The van der Waals surface area contributed by atoms with Gasteiger partial charge in [-0.15, -0.1) is 0 Å². The van der Waals surface area contributed by atoms with E-state index in [0.717, 1.165) is 10.0 Å². The standard InChI is InChI=1S/C30H25BrN4O5/c1-39-27-17-21(11-16-26(27)40-19-20-7-3-2-4-8-20)18-32-35-30(38)29(37)34-25-10-6-5-9-24(25)28(36)33-23-14-12-22(31)13-15-23/h2-18H,19H2,1H3,(H,33,36)(H,34,37)(H,35,38)/b32-18+. The van der Waals surface area contributed by atoms with Gasteiger partial charge in [0.2, 0.25) is 0 Å². The number of hydrogen-bond acceptors (Lipinski definition) is 6. The predicted octanol–water partition coefficient (Wildman–Crippen LogP) is 5.38. The molecule has 4 aromatic carbocycles. The summed E-state index contributed by atoms with van der Waals surface area (Å²) in [5.41, 5.74) is 4.76. The van der Waals surface area contributed by atoms with Crippen LogP contribution in [-0.4, -0.2) is 31.0 Å². The first kappa shape index (κ1) is 28.1. The van der Waals surface area contributed by atoms with Crippen LogP contribution in [0.15, 0.2) is 107 Å². The number of nitrogens with zero attached hydrogens (tertiary/aromatic N) is 1. The largest absolute Gasteiger partial charge is 0.493 e. The molecule has 9 nitrogen and oxygen atoms in total.